The van der Waals surface area contributed by atoms with Crippen LogP contribution in [0.3, 0.4) is 0 Å². The van der Waals surface area contributed by atoms with Crippen molar-refractivity contribution >= 4 is 21.8 Å². The van der Waals surface area contributed by atoms with Gasteiger partial charge in [0, 0.05) is 6.54 Å². The summed E-state index contributed by atoms with van der Waals surface area (Å²) in [6.45, 7) is 3.14. The molecule has 0 fully saturated rings. The Morgan fingerprint density at radius 3 is 2.57 bits per heavy atom. The molecular weight excluding hydrogens is 260 g/mol. The average molecular weight is 274 g/mol. The number of carbonyl (C=O) groups is 1. The molecule has 14 heavy (non-hydrogen) atoms. The highest BCUT2D eigenvalue weighted by Gasteiger charge is 2.22. The van der Waals surface area contributed by atoms with Crippen LogP contribution in [0.1, 0.15) is 13.8 Å². The van der Waals surface area contributed by atoms with E-state index in [4.69, 9.17) is 0 Å². The summed E-state index contributed by atoms with van der Waals surface area (Å²) in [4.78, 5) is 11.2. The Morgan fingerprint density at radius 1 is 1.57 bits per heavy atom. The molecule has 1 amide bonds. The summed E-state index contributed by atoms with van der Waals surface area (Å²) in [6, 6.07) is 0. The van der Waals surface area contributed by atoms with Crippen LogP contribution in [0.5, 0.6) is 0 Å². The van der Waals surface area contributed by atoms with Gasteiger partial charge in [-0.2, -0.15) is 0 Å². The van der Waals surface area contributed by atoms with Gasteiger partial charge in [-0.1, -0.05) is 15.9 Å². The first-order chi connectivity index (χ1) is 6.34. The molecular formula is C8H14BrF2NO2. The van der Waals surface area contributed by atoms with E-state index in [0.717, 1.165) is 0 Å². The Balaban J connectivity index is 3.42. The van der Waals surface area contributed by atoms with Gasteiger partial charge in [0.1, 0.15) is 6.61 Å². The number of rotatable bonds is 6. The van der Waals surface area contributed by atoms with Gasteiger partial charge in [-0.15, -0.1) is 0 Å². The number of alkyl halides is 3. The molecule has 0 aliphatic carbocycles. The minimum Gasteiger partial charge on any atom is -0.374 e. The Labute approximate surface area is 90.3 Å². The monoisotopic (exact) mass is 273 g/mol. The van der Waals surface area contributed by atoms with Crippen molar-refractivity contribution in [2.75, 3.05) is 19.8 Å². The van der Waals surface area contributed by atoms with Crippen molar-refractivity contribution in [1.29, 1.82) is 0 Å². The van der Waals surface area contributed by atoms with Gasteiger partial charge >= 0.3 is 0 Å². The summed E-state index contributed by atoms with van der Waals surface area (Å²) >= 11 is 3.16. The summed E-state index contributed by atoms with van der Waals surface area (Å²) in [5, 5.41) is 2.54. The molecule has 6 heteroatoms. The van der Waals surface area contributed by atoms with Gasteiger partial charge in [-0.3, -0.25) is 4.79 Å². The lowest BCUT2D eigenvalue weighted by Crippen LogP contribution is -2.39. The maximum absolute atomic E-state index is 11.6. The third-order valence-electron chi connectivity index (χ3n) is 1.32. The molecule has 0 aromatic heterocycles. The fourth-order valence-electron chi connectivity index (χ4n) is 0.619. The molecule has 0 aromatic carbocycles. The molecule has 0 aliphatic rings. The molecule has 0 rings (SSSR count). The third-order valence-corrected chi connectivity index (χ3v) is 1.68. The largest absolute Gasteiger partial charge is 0.374 e. The molecule has 0 radical (unpaired) electrons. The fraction of sp³-hybridized carbons (Fsp3) is 0.875. The van der Waals surface area contributed by atoms with E-state index in [9.17, 15) is 13.6 Å². The van der Waals surface area contributed by atoms with Crippen LogP contribution in [0.15, 0.2) is 0 Å². The standard InChI is InChI=1S/C8H14BrF2NO2/c1-8(2,9)7(13)12-3-4-14-5-6(10)11/h6H,3-5H2,1-2H3,(H,12,13). The smallest absolute Gasteiger partial charge is 0.261 e. The second-order valence-electron chi connectivity index (χ2n) is 3.19. The molecule has 0 bridgehead atoms. The first-order valence-corrected chi connectivity index (χ1v) is 4.96. The number of nitrogens with one attached hydrogen (secondary N) is 1. The van der Waals surface area contributed by atoms with Crippen LogP contribution in [0.2, 0.25) is 0 Å². The van der Waals surface area contributed by atoms with E-state index >= 15 is 0 Å². The fourth-order valence-corrected chi connectivity index (χ4v) is 0.760. The number of halogens is 3. The van der Waals surface area contributed by atoms with Crippen LogP contribution in [-0.4, -0.2) is 36.4 Å². The predicted octanol–water partition coefficient (Wildman–Crippen LogP) is 1.56. The molecule has 0 unspecified atom stereocenters. The first-order valence-electron chi connectivity index (χ1n) is 4.17. The van der Waals surface area contributed by atoms with Gasteiger partial charge in [-0.05, 0) is 13.8 Å². The van der Waals surface area contributed by atoms with Gasteiger partial charge in [0.2, 0.25) is 5.91 Å². The van der Waals surface area contributed by atoms with Crippen molar-refractivity contribution in [2.45, 2.75) is 24.6 Å². The minimum absolute atomic E-state index is 0.0964. The second kappa shape index (κ2) is 6.29. The molecule has 1 N–H and O–H groups in total. The van der Waals surface area contributed by atoms with Gasteiger partial charge in [0.15, 0.2) is 0 Å². The second-order valence-corrected chi connectivity index (χ2v) is 5.18. The zero-order valence-electron chi connectivity index (χ0n) is 8.15. The van der Waals surface area contributed by atoms with Crippen LogP contribution in [0.25, 0.3) is 0 Å². The van der Waals surface area contributed by atoms with Crippen LogP contribution in [-0.2, 0) is 9.53 Å². The van der Waals surface area contributed by atoms with Crippen LogP contribution < -0.4 is 5.32 Å². The summed E-state index contributed by atoms with van der Waals surface area (Å²) in [5.41, 5.74) is 0. The van der Waals surface area contributed by atoms with E-state index < -0.39 is 17.4 Å². The number of carbonyl (C=O) groups excluding carboxylic acids is 1. The predicted molar refractivity (Wildman–Crippen MR) is 52.8 cm³/mol. The molecule has 0 saturated heterocycles. The molecule has 0 aromatic rings. The summed E-state index contributed by atoms with van der Waals surface area (Å²) in [6.07, 6.45) is -2.46. The summed E-state index contributed by atoms with van der Waals surface area (Å²) in [5.74, 6) is -0.196. The lowest BCUT2D eigenvalue weighted by molar-refractivity contribution is -0.122. The maximum atomic E-state index is 11.6. The SMILES string of the molecule is CC(C)(Br)C(=O)NCCOCC(F)F. The Kier molecular flexibility index (Phi) is 6.19. The minimum atomic E-state index is -2.46. The highest BCUT2D eigenvalue weighted by atomic mass is 79.9. The highest BCUT2D eigenvalue weighted by molar-refractivity contribution is 9.10. The van der Waals surface area contributed by atoms with E-state index in [1.54, 1.807) is 13.8 Å². The molecule has 84 valence electrons. The Hall–Kier alpha value is -0.230. The summed E-state index contributed by atoms with van der Waals surface area (Å²) < 4.78 is 27.1. The zero-order valence-corrected chi connectivity index (χ0v) is 9.74. The third kappa shape index (κ3) is 7.20. The van der Waals surface area contributed by atoms with Crippen molar-refractivity contribution in [3.05, 3.63) is 0 Å². The van der Waals surface area contributed by atoms with Crippen LogP contribution in [0, 0.1) is 0 Å². The van der Waals surface area contributed by atoms with E-state index in [0.29, 0.717) is 0 Å². The van der Waals surface area contributed by atoms with E-state index in [2.05, 4.69) is 26.0 Å². The maximum Gasteiger partial charge on any atom is 0.261 e. The van der Waals surface area contributed by atoms with E-state index in [1.165, 1.54) is 0 Å². The van der Waals surface area contributed by atoms with E-state index in [-0.39, 0.29) is 19.1 Å². The molecule has 0 spiro atoms. The Morgan fingerprint density at radius 2 is 2.14 bits per heavy atom. The number of ether oxygens (including phenoxy) is 1. The molecule has 0 saturated carbocycles. The zero-order chi connectivity index (χ0) is 11.2. The molecule has 3 nitrogen and oxygen atoms in total. The molecule has 0 atom stereocenters. The quantitative estimate of drug-likeness (QED) is 0.589. The topological polar surface area (TPSA) is 38.3 Å². The van der Waals surface area contributed by atoms with Crippen LogP contribution >= 0.6 is 15.9 Å². The van der Waals surface area contributed by atoms with Gasteiger partial charge < -0.3 is 10.1 Å². The van der Waals surface area contributed by atoms with Crippen molar-refractivity contribution in [3.8, 4) is 0 Å². The van der Waals surface area contributed by atoms with Crippen molar-refractivity contribution in [3.63, 3.8) is 0 Å². The van der Waals surface area contributed by atoms with E-state index in [1.807, 2.05) is 0 Å². The number of hydrogen-bond donors (Lipinski definition) is 1. The molecule has 0 heterocycles. The highest BCUT2D eigenvalue weighted by Crippen LogP contribution is 2.14. The van der Waals surface area contributed by atoms with Gasteiger partial charge in [0.05, 0.1) is 10.9 Å². The first kappa shape index (κ1) is 13.8. The molecule has 0 aliphatic heterocycles. The van der Waals surface area contributed by atoms with Crippen molar-refractivity contribution < 1.29 is 18.3 Å². The number of hydrogen-bond acceptors (Lipinski definition) is 2. The van der Waals surface area contributed by atoms with Gasteiger partial charge in [-0.25, -0.2) is 8.78 Å². The average Bonchev–Trinajstić information content (AvgIpc) is 2.01. The van der Waals surface area contributed by atoms with Crippen molar-refractivity contribution in [2.24, 2.45) is 0 Å². The summed E-state index contributed by atoms with van der Waals surface area (Å²) in [7, 11) is 0. The number of amides is 1. The lowest BCUT2D eigenvalue weighted by Gasteiger charge is -2.15. The van der Waals surface area contributed by atoms with Crippen LogP contribution in [0.4, 0.5) is 8.78 Å². The van der Waals surface area contributed by atoms with Gasteiger partial charge in [0.25, 0.3) is 6.43 Å². The normalized spacial score (nSPS) is 11.9. The Bertz CT molecular complexity index is 183. The lowest BCUT2D eigenvalue weighted by atomic mass is 10.2. The van der Waals surface area contributed by atoms with Crippen molar-refractivity contribution in [1.82, 2.24) is 5.32 Å².